The van der Waals surface area contributed by atoms with Crippen LogP contribution in [-0.4, -0.2) is 37.1 Å². The van der Waals surface area contributed by atoms with Crippen LogP contribution in [0, 0.1) is 0 Å². The number of hydrogen-bond donors (Lipinski definition) is 1. The number of likely N-dealkylation sites (N-methyl/N-ethyl adjacent to an activating group) is 1. The van der Waals surface area contributed by atoms with Gasteiger partial charge in [0.25, 0.3) is 0 Å². The van der Waals surface area contributed by atoms with E-state index in [0.29, 0.717) is 6.04 Å². The highest BCUT2D eigenvalue weighted by atomic mass is 15.1. The van der Waals surface area contributed by atoms with E-state index in [2.05, 4.69) is 50.9 Å². The Morgan fingerprint density at radius 3 is 2.20 bits per heavy atom. The predicted octanol–water partition coefficient (Wildman–Crippen LogP) is 2.66. The van der Waals surface area contributed by atoms with Crippen molar-refractivity contribution in [1.29, 1.82) is 0 Å². The topological polar surface area (TPSA) is 15.3 Å². The summed E-state index contributed by atoms with van der Waals surface area (Å²) in [6.07, 6.45) is 3.55. The Hall–Kier alpha value is -0.340. The van der Waals surface area contributed by atoms with Crippen LogP contribution in [0.4, 0.5) is 0 Å². The van der Waals surface area contributed by atoms with Crippen molar-refractivity contribution in [3.63, 3.8) is 0 Å². The van der Waals surface area contributed by atoms with Crippen molar-refractivity contribution in [2.45, 2.75) is 47.1 Å². The second-order valence-electron chi connectivity index (χ2n) is 4.22. The summed E-state index contributed by atoms with van der Waals surface area (Å²) < 4.78 is 0. The number of rotatable bonds is 8. The van der Waals surface area contributed by atoms with Gasteiger partial charge in [-0.25, -0.2) is 0 Å². The quantitative estimate of drug-likeness (QED) is 0.622. The Morgan fingerprint density at radius 1 is 1.20 bits per heavy atom. The molecule has 2 heteroatoms. The fraction of sp³-hybridized carbons (Fsp3) is 0.846. The summed E-state index contributed by atoms with van der Waals surface area (Å²) in [5, 5.41) is 3.51. The van der Waals surface area contributed by atoms with Crippen LogP contribution < -0.4 is 5.32 Å². The van der Waals surface area contributed by atoms with E-state index in [4.69, 9.17) is 0 Å². The summed E-state index contributed by atoms with van der Waals surface area (Å²) in [4.78, 5) is 2.48. The van der Waals surface area contributed by atoms with E-state index in [1.54, 1.807) is 0 Å². The minimum Gasteiger partial charge on any atom is -0.311 e. The van der Waals surface area contributed by atoms with Gasteiger partial charge in [0.2, 0.25) is 0 Å². The average molecular weight is 212 g/mol. The van der Waals surface area contributed by atoms with Gasteiger partial charge in [-0.1, -0.05) is 32.4 Å². The first-order valence-electron chi connectivity index (χ1n) is 6.24. The summed E-state index contributed by atoms with van der Waals surface area (Å²) in [7, 11) is 0. The van der Waals surface area contributed by atoms with Crippen molar-refractivity contribution < 1.29 is 0 Å². The normalized spacial score (nSPS) is 12.9. The van der Waals surface area contributed by atoms with E-state index in [-0.39, 0.29) is 0 Å². The zero-order valence-electron chi connectivity index (χ0n) is 11.1. The molecule has 0 amide bonds. The van der Waals surface area contributed by atoms with E-state index < -0.39 is 0 Å². The summed E-state index contributed by atoms with van der Waals surface area (Å²) in [5.41, 5.74) is 1.40. The van der Waals surface area contributed by atoms with Crippen LogP contribution in [-0.2, 0) is 0 Å². The van der Waals surface area contributed by atoms with Crippen LogP contribution in [0.5, 0.6) is 0 Å². The van der Waals surface area contributed by atoms with Crippen LogP contribution in [0.25, 0.3) is 0 Å². The van der Waals surface area contributed by atoms with Crippen molar-refractivity contribution in [3.05, 3.63) is 11.6 Å². The van der Waals surface area contributed by atoms with Crippen LogP contribution >= 0.6 is 0 Å². The molecule has 0 spiro atoms. The zero-order chi connectivity index (χ0) is 11.7. The second-order valence-corrected chi connectivity index (χ2v) is 4.22. The van der Waals surface area contributed by atoms with E-state index in [1.165, 1.54) is 18.5 Å². The molecule has 90 valence electrons. The third-order valence-corrected chi connectivity index (χ3v) is 2.65. The average Bonchev–Trinajstić information content (AvgIpc) is 2.18. The van der Waals surface area contributed by atoms with Gasteiger partial charge < -0.3 is 10.2 Å². The molecular formula is C13H28N2. The van der Waals surface area contributed by atoms with Crippen molar-refractivity contribution >= 4 is 0 Å². The SMILES string of the molecule is CCNC(C=C(C)C)CCN(CC)CC. The Kier molecular flexibility index (Phi) is 8.73. The summed E-state index contributed by atoms with van der Waals surface area (Å²) in [5.74, 6) is 0. The maximum atomic E-state index is 3.51. The fourth-order valence-electron chi connectivity index (χ4n) is 1.77. The van der Waals surface area contributed by atoms with Crippen LogP contribution in [0.2, 0.25) is 0 Å². The molecule has 0 aliphatic heterocycles. The largest absolute Gasteiger partial charge is 0.311 e. The molecule has 1 N–H and O–H groups in total. The highest BCUT2D eigenvalue weighted by Gasteiger charge is 2.06. The van der Waals surface area contributed by atoms with Crippen molar-refractivity contribution in [3.8, 4) is 0 Å². The molecule has 0 aromatic rings. The molecule has 0 aliphatic rings. The highest BCUT2D eigenvalue weighted by molar-refractivity contribution is 5.01. The third kappa shape index (κ3) is 7.57. The number of hydrogen-bond acceptors (Lipinski definition) is 2. The molecule has 0 fully saturated rings. The van der Waals surface area contributed by atoms with Gasteiger partial charge in [0, 0.05) is 6.04 Å². The lowest BCUT2D eigenvalue weighted by Gasteiger charge is -2.21. The molecule has 0 aromatic heterocycles. The molecule has 0 heterocycles. The first-order valence-corrected chi connectivity index (χ1v) is 6.24. The third-order valence-electron chi connectivity index (χ3n) is 2.65. The molecule has 15 heavy (non-hydrogen) atoms. The van der Waals surface area contributed by atoms with Gasteiger partial charge in [0.05, 0.1) is 0 Å². The summed E-state index contributed by atoms with van der Waals surface area (Å²) >= 11 is 0. The monoisotopic (exact) mass is 212 g/mol. The Bertz CT molecular complexity index is 167. The Morgan fingerprint density at radius 2 is 1.80 bits per heavy atom. The van der Waals surface area contributed by atoms with Gasteiger partial charge in [-0.15, -0.1) is 0 Å². The predicted molar refractivity (Wildman–Crippen MR) is 69.3 cm³/mol. The second kappa shape index (κ2) is 8.93. The summed E-state index contributed by atoms with van der Waals surface area (Å²) in [6, 6.07) is 0.542. The molecule has 0 saturated carbocycles. The Balaban J connectivity index is 4.00. The van der Waals surface area contributed by atoms with Gasteiger partial charge in [0.15, 0.2) is 0 Å². The standard InChI is InChI=1S/C13H28N2/c1-6-14-13(11-12(4)5)9-10-15(7-2)8-3/h11,13-14H,6-10H2,1-5H3. The van der Waals surface area contributed by atoms with E-state index in [9.17, 15) is 0 Å². The first-order chi connectivity index (χ1) is 7.13. The van der Waals surface area contributed by atoms with Crippen LogP contribution in [0.1, 0.15) is 41.0 Å². The lowest BCUT2D eigenvalue weighted by atomic mass is 10.1. The van der Waals surface area contributed by atoms with E-state index >= 15 is 0 Å². The van der Waals surface area contributed by atoms with Gasteiger partial charge in [0.1, 0.15) is 0 Å². The van der Waals surface area contributed by atoms with Crippen LogP contribution in [0.15, 0.2) is 11.6 Å². The van der Waals surface area contributed by atoms with Crippen molar-refractivity contribution in [2.24, 2.45) is 0 Å². The minimum absolute atomic E-state index is 0.542. The lowest BCUT2D eigenvalue weighted by Crippen LogP contribution is -2.33. The molecule has 1 unspecified atom stereocenters. The molecule has 0 aliphatic carbocycles. The smallest absolute Gasteiger partial charge is 0.0264 e. The molecule has 2 nitrogen and oxygen atoms in total. The molecule has 0 rings (SSSR count). The number of nitrogens with zero attached hydrogens (tertiary/aromatic N) is 1. The van der Waals surface area contributed by atoms with Gasteiger partial charge in [-0.3, -0.25) is 0 Å². The Labute approximate surface area is 95.7 Å². The van der Waals surface area contributed by atoms with Crippen molar-refractivity contribution in [2.75, 3.05) is 26.2 Å². The van der Waals surface area contributed by atoms with Gasteiger partial charge in [-0.05, 0) is 46.4 Å². The van der Waals surface area contributed by atoms with Crippen LogP contribution in [0.3, 0.4) is 0 Å². The molecule has 0 saturated heterocycles. The molecule has 0 aromatic carbocycles. The molecular weight excluding hydrogens is 184 g/mol. The minimum atomic E-state index is 0.542. The lowest BCUT2D eigenvalue weighted by molar-refractivity contribution is 0.290. The summed E-state index contributed by atoms with van der Waals surface area (Å²) in [6.45, 7) is 15.5. The first kappa shape index (κ1) is 14.7. The zero-order valence-corrected chi connectivity index (χ0v) is 11.1. The molecule has 1 atom stereocenters. The number of nitrogens with one attached hydrogen (secondary N) is 1. The van der Waals surface area contributed by atoms with Crippen molar-refractivity contribution in [1.82, 2.24) is 10.2 Å². The highest BCUT2D eigenvalue weighted by Crippen LogP contribution is 2.01. The maximum absolute atomic E-state index is 3.51. The number of allylic oxidation sites excluding steroid dienone is 1. The fourth-order valence-corrected chi connectivity index (χ4v) is 1.77. The maximum Gasteiger partial charge on any atom is 0.0264 e. The molecule has 0 bridgehead atoms. The van der Waals surface area contributed by atoms with Gasteiger partial charge in [-0.2, -0.15) is 0 Å². The van der Waals surface area contributed by atoms with Gasteiger partial charge >= 0.3 is 0 Å². The van der Waals surface area contributed by atoms with E-state index in [0.717, 1.165) is 19.6 Å². The molecule has 0 radical (unpaired) electrons. The van der Waals surface area contributed by atoms with E-state index in [1.807, 2.05) is 0 Å².